The summed E-state index contributed by atoms with van der Waals surface area (Å²) >= 11 is 0. The largest absolute Gasteiger partial charge is 0.493 e. The fraction of sp³-hybridized carbons (Fsp3) is 0.435. The van der Waals surface area contributed by atoms with Gasteiger partial charge in [0.2, 0.25) is 11.7 Å². The lowest BCUT2D eigenvalue weighted by Gasteiger charge is -2.47. The molecule has 0 N–H and O–H groups in total. The molecule has 0 spiro atoms. The van der Waals surface area contributed by atoms with Gasteiger partial charge in [0, 0.05) is 31.6 Å². The number of likely N-dealkylation sites (tertiary alicyclic amines) is 1. The third-order valence-corrected chi connectivity index (χ3v) is 6.52. The van der Waals surface area contributed by atoms with E-state index in [1.54, 1.807) is 21.3 Å². The first kappa shape index (κ1) is 19.4. The summed E-state index contributed by atoms with van der Waals surface area (Å²) in [5, 5.41) is 0. The van der Waals surface area contributed by atoms with Crippen LogP contribution in [-0.4, -0.2) is 52.4 Å². The molecule has 4 rings (SSSR count). The van der Waals surface area contributed by atoms with Gasteiger partial charge in [-0.1, -0.05) is 24.3 Å². The van der Waals surface area contributed by atoms with Gasteiger partial charge in [-0.15, -0.1) is 0 Å². The molecule has 2 aromatic carbocycles. The van der Waals surface area contributed by atoms with Crippen LogP contribution >= 0.6 is 0 Å². The molecule has 1 amide bonds. The molecular weight excluding hydrogens is 368 g/mol. The van der Waals surface area contributed by atoms with Crippen LogP contribution in [0.2, 0.25) is 0 Å². The Hall–Kier alpha value is -2.89. The Morgan fingerprint density at radius 1 is 0.966 bits per heavy atom. The maximum absolute atomic E-state index is 12.6. The first-order chi connectivity index (χ1) is 14.0. The number of para-hydroxylation sites is 1. The van der Waals surface area contributed by atoms with Gasteiger partial charge in [0.15, 0.2) is 11.5 Å². The highest BCUT2D eigenvalue weighted by Gasteiger charge is 2.55. The molecule has 2 aliphatic rings. The summed E-state index contributed by atoms with van der Waals surface area (Å²) in [5.41, 5.74) is 3.28. The molecule has 2 aliphatic heterocycles. The number of hydrogen-bond donors (Lipinski definition) is 0. The lowest BCUT2D eigenvalue weighted by atomic mass is 9.69. The Bertz CT molecular complexity index is 944. The standard InChI is InChI=1S/C23H28N2O4/c1-24-17-9-7-6-8-16(17)23(13-12-19(26)25(2)22(23)24)14-15-10-11-18(27-3)21(29-5)20(15)28-4/h6-11,22H,12-14H2,1-5H3/t22-,23+/m0/s1. The summed E-state index contributed by atoms with van der Waals surface area (Å²) in [7, 11) is 8.88. The van der Waals surface area contributed by atoms with Crippen molar-refractivity contribution in [3.63, 3.8) is 0 Å². The van der Waals surface area contributed by atoms with Crippen molar-refractivity contribution in [3.05, 3.63) is 47.5 Å². The molecule has 0 aliphatic carbocycles. The fourth-order valence-electron chi connectivity index (χ4n) is 5.30. The molecule has 2 aromatic rings. The molecule has 0 radical (unpaired) electrons. The number of carbonyl (C=O) groups is 1. The average Bonchev–Trinajstić information content (AvgIpc) is 2.99. The Balaban J connectivity index is 1.88. The van der Waals surface area contributed by atoms with Crippen molar-refractivity contribution in [2.75, 3.05) is 40.3 Å². The van der Waals surface area contributed by atoms with Crippen molar-refractivity contribution >= 4 is 11.6 Å². The van der Waals surface area contributed by atoms with Gasteiger partial charge in [-0.05, 0) is 36.1 Å². The van der Waals surface area contributed by atoms with Crippen LogP contribution < -0.4 is 19.1 Å². The van der Waals surface area contributed by atoms with Crippen molar-refractivity contribution < 1.29 is 19.0 Å². The zero-order valence-electron chi connectivity index (χ0n) is 17.7. The summed E-state index contributed by atoms with van der Waals surface area (Å²) in [6.07, 6.45) is 2.02. The molecule has 6 heteroatoms. The summed E-state index contributed by atoms with van der Waals surface area (Å²) in [4.78, 5) is 16.7. The SMILES string of the molecule is COc1ccc(C[C@@]23CCC(=O)N(C)[C@@H]2N(C)c2ccccc23)c(OC)c1OC. The number of anilines is 1. The molecular formula is C23H28N2O4. The minimum Gasteiger partial charge on any atom is -0.493 e. The quantitative estimate of drug-likeness (QED) is 0.777. The normalized spacial score (nSPS) is 22.9. The van der Waals surface area contributed by atoms with E-state index in [2.05, 4.69) is 36.2 Å². The molecule has 0 bridgehead atoms. The maximum atomic E-state index is 12.6. The van der Waals surface area contributed by atoms with Gasteiger partial charge in [-0.25, -0.2) is 0 Å². The molecule has 1 fully saturated rings. The molecule has 2 heterocycles. The van der Waals surface area contributed by atoms with Crippen LogP contribution in [0.1, 0.15) is 24.0 Å². The first-order valence-corrected chi connectivity index (χ1v) is 9.84. The van der Waals surface area contributed by atoms with E-state index in [1.165, 1.54) is 11.3 Å². The second-order valence-electron chi connectivity index (χ2n) is 7.83. The molecule has 154 valence electrons. The zero-order chi connectivity index (χ0) is 20.8. The van der Waals surface area contributed by atoms with E-state index in [0.29, 0.717) is 23.7 Å². The molecule has 1 saturated heterocycles. The predicted molar refractivity (Wildman–Crippen MR) is 112 cm³/mol. The van der Waals surface area contributed by atoms with Crippen LogP contribution in [-0.2, 0) is 16.6 Å². The number of likely N-dealkylation sites (N-methyl/N-ethyl adjacent to an activating group) is 2. The Morgan fingerprint density at radius 3 is 2.38 bits per heavy atom. The number of methoxy groups -OCH3 is 3. The average molecular weight is 396 g/mol. The monoisotopic (exact) mass is 396 g/mol. The van der Waals surface area contributed by atoms with Crippen molar-refractivity contribution in [2.45, 2.75) is 30.8 Å². The van der Waals surface area contributed by atoms with E-state index in [1.807, 2.05) is 24.1 Å². The van der Waals surface area contributed by atoms with Crippen LogP contribution in [0.25, 0.3) is 0 Å². The van der Waals surface area contributed by atoms with Crippen molar-refractivity contribution in [1.29, 1.82) is 0 Å². The highest BCUT2D eigenvalue weighted by Crippen LogP contribution is 2.53. The van der Waals surface area contributed by atoms with E-state index in [9.17, 15) is 4.79 Å². The number of fused-ring (bicyclic) bond motifs is 3. The molecule has 29 heavy (non-hydrogen) atoms. The smallest absolute Gasteiger partial charge is 0.224 e. The maximum Gasteiger partial charge on any atom is 0.224 e. The number of carbonyl (C=O) groups excluding carboxylic acids is 1. The van der Waals surface area contributed by atoms with E-state index in [-0.39, 0.29) is 17.5 Å². The lowest BCUT2D eigenvalue weighted by molar-refractivity contribution is -0.137. The number of piperidine rings is 1. The number of rotatable bonds is 5. The Morgan fingerprint density at radius 2 is 1.69 bits per heavy atom. The van der Waals surface area contributed by atoms with Gasteiger partial charge in [-0.2, -0.15) is 0 Å². The van der Waals surface area contributed by atoms with Crippen LogP contribution in [0.5, 0.6) is 17.2 Å². The van der Waals surface area contributed by atoms with Crippen molar-refractivity contribution in [2.24, 2.45) is 0 Å². The third-order valence-electron chi connectivity index (χ3n) is 6.52. The van der Waals surface area contributed by atoms with E-state index in [4.69, 9.17) is 14.2 Å². The predicted octanol–water partition coefficient (Wildman–Crippen LogP) is 3.22. The van der Waals surface area contributed by atoms with Crippen LogP contribution in [0.3, 0.4) is 0 Å². The van der Waals surface area contributed by atoms with E-state index < -0.39 is 0 Å². The highest BCUT2D eigenvalue weighted by atomic mass is 16.5. The van der Waals surface area contributed by atoms with Gasteiger partial charge in [0.25, 0.3) is 0 Å². The molecule has 0 saturated carbocycles. The molecule has 6 nitrogen and oxygen atoms in total. The Labute approximate surface area is 172 Å². The van der Waals surface area contributed by atoms with Crippen molar-refractivity contribution in [3.8, 4) is 17.2 Å². The fourth-order valence-corrected chi connectivity index (χ4v) is 5.30. The number of amides is 1. The molecule has 0 unspecified atom stereocenters. The summed E-state index contributed by atoms with van der Waals surface area (Å²) < 4.78 is 16.8. The lowest BCUT2D eigenvalue weighted by Crippen LogP contribution is -2.59. The third kappa shape index (κ3) is 2.73. The number of hydrogen-bond acceptors (Lipinski definition) is 5. The second-order valence-corrected chi connectivity index (χ2v) is 7.83. The molecule has 2 atom stereocenters. The highest BCUT2D eigenvalue weighted by molar-refractivity contribution is 5.81. The van der Waals surface area contributed by atoms with Gasteiger partial charge in [-0.3, -0.25) is 4.79 Å². The number of ether oxygens (including phenoxy) is 3. The van der Waals surface area contributed by atoms with E-state index >= 15 is 0 Å². The minimum absolute atomic E-state index is 0.0426. The van der Waals surface area contributed by atoms with Crippen LogP contribution in [0.15, 0.2) is 36.4 Å². The van der Waals surface area contributed by atoms with Gasteiger partial charge in [0.1, 0.15) is 6.17 Å². The topological polar surface area (TPSA) is 51.2 Å². The minimum atomic E-state index is -0.221. The summed E-state index contributed by atoms with van der Waals surface area (Å²) in [5.74, 6) is 2.11. The second kappa shape index (κ2) is 7.17. The van der Waals surface area contributed by atoms with Crippen molar-refractivity contribution in [1.82, 2.24) is 4.90 Å². The van der Waals surface area contributed by atoms with Crippen LogP contribution in [0, 0.1) is 0 Å². The summed E-state index contributed by atoms with van der Waals surface area (Å²) in [6.45, 7) is 0. The van der Waals surface area contributed by atoms with Gasteiger partial charge >= 0.3 is 0 Å². The summed E-state index contributed by atoms with van der Waals surface area (Å²) in [6, 6.07) is 12.4. The number of nitrogens with zero attached hydrogens (tertiary/aromatic N) is 2. The Kier molecular flexibility index (Phi) is 4.81. The number of benzene rings is 2. The molecule has 0 aromatic heterocycles. The zero-order valence-corrected chi connectivity index (χ0v) is 17.7. The van der Waals surface area contributed by atoms with E-state index in [0.717, 1.165) is 18.4 Å². The van der Waals surface area contributed by atoms with Crippen LogP contribution in [0.4, 0.5) is 5.69 Å². The van der Waals surface area contributed by atoms with Gasteiger partial charge in [0.05, 0.1) is 21.3 Å². The van der Waals surface area contributed by atoms with Gasteiger partial charge < -0.3 is 24.0 Å². The first-order valence-electron chi connectivity index (χ1n) is 9.84.